The molecule has 1 N–H and O–H groups in total. The first-order chi connectivity index (χ1) is 13.1. The number of carbonyl (C=O) groups is 1. The first kappa shape index (κ1) is 20.5. The molecule has 0 saturated heterocycles. The Morgan fingerprint density at radius 1 is 1.11 bits per heavy atom. The molecule has 1 amide bonds. The van der Waals surface area contributed by atoms with Crippen molar-refractivity contribution in [2.45, 2.75) is 12.2 Å². The summed E-state index contributed by atoms with van der Waals surface area (Å²) < 4.78 is 32.9. The molecule has 0 saturated carbocycles. The van der Waals surface area contributed by atoms with Crippen LogP contribution in [0.1, 0.15) is 28.3 Å². The Labute approximate surface area is 173 Å². The third kappa shape index (κ3) is 3.97. The normalized spacial score (nSPS) is 12.8. The van der Waals surface area contributed by atoms with Crippen LogP contribution in [0.3, 0.4) is 0 Å². The second kappa shape index (κ2) is 7.66. The molecule has 1 atom stereocenters. The van der Waals surface area contributed by atoms with Crippen LogP contribution in [0.25, 0.3) is 11.0 Å². The van der Waals surface area contributed by atoms with Crippen LogP contribution in [0.15, 0.2) is 46.9 Å². The predicted molar refractivity (Wildman–Crippen MR) is 112 cm³/mol. The maximum Gasteiger partial charge on any atom is 0.300 e. The van der Waals surface area contributed by atoms with E-state index in [1.807, 2.05) is 29.8 Å². The van der Waals surface area contributed by atoms with E-state index in [0.29, 0.717) is 11.0 Å². The number of furan rings is 1. The van der Waals surface area contributed by atoms with E-state index in [2.05, 4.69) is 0 Å². The van der Waals surface area contributed by atoms with Crippen LogP contribution < -0.4 is 9.62 Å². The highest BCUT2D eigenvalue weighted by Gasteiger charge is 2.29. The Kier molecular flexibility index (Phi) is 5.61. The van der Waals surface area contributed by atoms with Crippen LogP contribution >= 0.6 is 23.2 Å². The Bertz CT molecular complexity index is 1140. The van der Waals surface area contributed by atoms with E-state index in [1.54, 1.807) is 18.2 Å². The number of rotatable bonds is 5. The Morgan fingerprint density at radius 2 is 1.75 bits per heavy atom. The van der Waals surface area contributed by atoms with Crippen molar-refractivity contribution < 1.29 is 17.6 Å². The van der Waals surface area contributed by atoms with Crippen molar-refractivity contribution in [3.05, 3.63) is 63.8 Å². The average Bonchev–Trinajstić information content (AvgIpc) is 3.04. The first-order valence-corrected chi connectivity index (χ1v) is 10.6. The molecule has 0 fully saturated rings. The van der Waals surface area contributed by atoms with Gasteiger partial charge in [0.2, 0.25) is 10.0 Å². The number of nitrogens with zero attached hydrogens (tertiary/aromatic N) is 1. The van der Waals surface area contributed by atoms with Crippen molar-refractivity contribution in [1.29, 1.82) is 0 Å². The number of benzene rings is 2. The van der Waals surface area contributed by atoms with Crippen LogP contribution in [0.4, 0.5) is 5.69 Å². The smallest absolute Gasteiger partial charge is 0.300 e. The van der Waals surface area contributed by atoms with Gasteiger partial charge in [0.25, 0.3) is 5.91 Å². The lowest BCUT2D eigenvalue weighted by Gasteiger charge is -2.16. The topological polar surface area (TPSA) is 79.6 Å². The molecule has 0 spiro atoms. The molecule has 1 heterocycles. The average molecular weight is 441 g/mol. The van der Waals surface area contributed by atoms with Crippen LogP contribution in [0.5, 0.6) is 0 Å². The summed E-state index contributed by atoms with van der Waals surface area (Å²) in [5.41, 5.74) is 1.60. The number of amides is 1. The minimum atomic E-state index is -4.10. The largest absolute Gasteiger partial charge is 0.451 e. The van der Waals surface area contributed by atoms with Gasteiger partial charge in [-0.3, -0.25) is 4.79 Å². The lowest BCUT2D eigenvalue weighted by Crippen LogP contribution is -2.33. The summed E-state index contributed by atoms with van der Waals surface area (Å²) in [6.45, 7) is 1.41. The van der Waals surface area contributed by atoms with Crippen molar-refractivity contribution in [1.82, 2.24) is 4.72 Å². The van der Waals surface area contributed by atoms with Crippen LogP contribution in [0, 0.1) is 0 Å². The van der Waals surface area contributed by atoms with E-state index in [1.165, 1.54) is 25.1 Å². The lowest BCUT2D eigenvalue weighted by molar-refractivity contribution is 0.0956. The molecule has 6 nitrogen and oxygen atoms in total. The molecule has 0 aliphatic rings. The number of anilines is 1. The van der Waals surface area contributed by atoms with Crippen molar-refractivity contribution in [3.8, 4) is 0 Å². The molecule has 0 aliphatic heterocycles. The maximum absolute atomic E-state index is 12.7. The molecule has 148 valence electrons. The molecule has 9 heteroatoms. The van der Waals surface area contributed by atoms with E-state index in [4.69, 9.17) is 27.6 Å². The Hall–Kier alpha value is -2.22. The van der Waals surface area contributed by atoms with Gasteiger partial charge in [0, 0.05) is 46.8 Å². The van der Waals surface area contributed by atoms with Crippen molar-refractivity contribution in [2.75, 3.05) is 19.0 Å². The van der Waals surface area contributed by atoms with Crippen molar-refractivity contribution >= 4 is 55.8 Å². The van der Waals surface area contributed by atoms with Gasteiger partial charge in [-0.25, -0.2) is 13.1 Å². The zero-order valence-corrected chi connectivity index (χ0v) is 17.7. The summed E-state index contributed by atoms with van der Waals surface area (Å²) in [6.07, 6.45) is 0. The summed E-state index contributed by atoms with van der Waals surface area (Å²) >= 11 is 12.2. The van der Waals surface area contributed by atoms with Gasteiger partial charge in [-0.05, 0) is 37.3 Å². The van der Waals surface area contributed by atoms with Crippen LogP contribution in [0.2, 0.25) is 10.0 Å². The highest BCUT2D eigenvalue weighted by Crippen LogP contribution is 2.34. The molecule has 0 bridgehead atoms. The zero-order chi connectivity index (χ0) is 20.6. The van der Waals surface area contributed by atoms with Gasteiger partial charge >= 0.3 is 0 Å². The molecule has 0 aliphatic carbocycles. The molecule has 0 radical (unpaired) electrons. The lowest BCUT2D eigenvalue weighted by atomic mass is 10.2. The highest BCUT2D eigenvalue weighted by atomic mass is 35.5. The monoisotopic (exact) mass is 440 g/mol. The fraction of sp³-hybridized carbons (Fsp3) is 0.211. The molecule has 3 aromatic rings. The van der Waals surface area contributed by atoms with Gasteiger partial charge < -0.3 is 9.32 Å². The predicted octanol–water partition coefficient (Wildman–Crippen LogP) is 4.63. The standard InChI is InChI=1S/C19H18Cl2N2O4S/c1-11(18-14(20)5-4-6-15(18)21)28(25,26)22-19(24)17-9-12-7-8-13(23(2)3)10-16(12)27-17/h4-11H,1-3H3,(H,22,24). The third-order valence-electron chi connectivity index (χ3n) is 4.35. The fourth-order valence-electron chi connectivity index (χ4n) is 2.73. The Morgan fingerprint density at radius 3 is 2.36 bits per heavy atom. The van der Waals surface area contributed by atoms with Crippen molar-refractivity contribution in [2.24, 2.45) is 0 Å². The fourth-order valence-corrected chi connectivity index (χ4v) is 4.69. The summed E-state index contributed by atoms with van der Waals surface area (Å²) in [4.78, 5) is 14.4. The van der Waals surface area contributed by atoms with Gasteiger partial charge in [-0.2, -0.15) is 0 Å². The van der Waals surface area contributed by atoms with E-state index >= 15 is 0 Å². The maximum atomic E-state index is 12.7. The summed E-state index contributed by atoms with van der Waals surface area (Å²) in [5, 5.41) is -0.0340. The zero-order valence-electron chi connectivity index (χ0n) is 15.4. The number of hydrogen-bond donors (Lipinski definition) is 1. The van der Waals surface area contributed by atoms with Gasteiger partial charge in [-0.1, -0.05) is 29.3 Å². The number of fused-ring (bicyclic) bond motifs is 1. The molecule has 3 rings (SSSR count). The third-order valence-corrected chi connectivity index (χ3v) is 6.65. The van der Waals surface area contributed by atoms with E-state index in [0.717, 1.165) is 5.69 Å². The minimum absolute atomic E-state index is 0.105. The van der Waals surface area contributed by atoms with E-state index < -0.39 is 21.2 Å². The SMILES string of the molecule is CC(c1c(Cl)cccc1Cl)S(=O)(=O)NC(=O)c1cc2ccc(N(C)C)cc2o1. The second-order valence-electron chi connectivity index (χ2n) is 6.48. The van der Waals surface area contributed by atoms with E-state index in [9.17, 15) is 13.2 Å². The second-order valence-corrected chi connectivity index (χ2v) is 9.30. The molecule has 1 unspecified atom stereocenters. The molecule has 28 heavy (non-hydrogen) atoms. The quantitative estimate of drug-likeness (QED) is 0.625. The number of hydrogen-bond acceptors (Lipinski definition) is 5. The van der Waals surface area contributed by atoms with Crippen LogP contribution in [-0.4, -0.2) is 28.4 Å². The number of halogens is 2. The molecule has 1 aromatic heterocycles. The highest BCUT2D eigenvalue weighted by molar-refractivity contribution is 7.90. The summed E-state index contributed by atoms with van der Waals surface area (Å²) in [5.74, 6) is -0.968. The van der Waals surface area contributed by atoms with Crippen molar-refractivity contribution in [3.63, 3.8) is 0 Å². The number of carbonyl (C=O) groups excluding carboxylic acids is 1. The molecular weight excluding hydrogens is 423 g/mol. The number of nitrogens with one attached hydrogen (secondary N) is 1. The first-order valence-electron chi connectivity index (χ1n) is 8.31. The van der Waals surface area contributed by atoms with Gasteiger partial charge in [-0.15, -0.1) is 0 Å². The van der Waals surface area contributed by atoms with Crippen LogP contribution in [-0.2, 0) is 10.0 Å². The van der Waals surface area contributed by atoms with E-state index in [-0.39, 0.29) is 21.4 Å². The summed E-state index contributed by atoms with van der Waals surface area (Å²) in [7, 11) is -0.340. The number of sulfonamides is 1. The Balaban J connectivity index is 1.88. The summed E-state index contributed by atoms with van der Waals surface area (Å²) in [6, 6.07) is 11.6. The minimum Gasteiger partial charge on any atom is -0.451 e. The molecule has 2 aromatic carbocycles. The van der Waals surface area contributed by atoms with Gasteiger partial charge in [0.15, 0.2) is 5.76 Å². The molecular formula is C19H18Cl2N2O4S. The van der Waals surface area contributed by atoms with Gasteiger partial charge in [0.1, 0.15) is 10.8 Å². The van der Waals surface area contributed by atoms with Gasteiger partial charge in [0.05, 0.1) is 0 Å².